The molecule has 5 heteroatoms. The lowest BCUT2D eigenvalue weighted by atomic mass is 10.1. The summed E-state index contributed by atoms with van der Waals surface area (Å²) < 4.78 is 0. The summed E-state index contributed by atoms with van der Waals surface area (Å²) in [5.41, 5.74) is 2.32. The van der Waals surface area contributed by atoms with Gasteiger partial charge in [0.05, 0.1) is 13.1 Å². The SMILES string of the molecule is O=C1CN(C(=O)O)Cc2cccc3[nH]cc1c23. The van der Waals surface area contributed by atoms with Crippen molar-refractivity contribution in [2.75, 3.05) is 6.54 Å². The maximum atomic E-state index is 11.9. The van der Waals surface area contributed by atoms with Gasteiger partial charge in [0.15, 0.2) is 5.78 Å². The highest BCUT2D eigenvalue weighted by Crippen LogP contribution is 2.27. The molecule has 2 aromatic rings. The van der Waals surface area contributed by atoms with Gasteiger partial charge in [0, 0.05) is 22.7 Å². The van der Waals surface area contributed by atoms with Crippen LogP contribution in [0.5, 0.6) is 0 Å². The third-order valence-corrected chi connectivity index (χ3v) is 3.06. The molecule has 1 aromatic carbocycles. The Bertz CT molecular complexity index is 630. The summed E-state index contributed by atoms with van der Waals surface area (Å²) in [7, 11) is 0. The number of aromatic nitrogens is 1. The van der Waals surface area contributed by atoms with Crippen molar-refractivity contribution in [2.45, 2.75) is 6.54 Å². The quantitative estimate of drug-likeness (QED) is 0.725. The van der Waals surface area contributed by atoms with Gasteiger partial charge in [-0.15, -0.1) is 0 Å². The minimum absolute atomic E-state index is 0.0863. The first-order valence-electron chi connectivity index (χ1n) is 5.27. The van der Waals surface area contributed by atoms with E-state index in [4.69, 9.17) is 5.11 Å². The van der Waals surface area contributed by atoms with Gasteiger partial charge in [-0.1, -0.05) is 12.1 Å². The second kappa shape index (κ2) is 3.35. The number of rotatable bonds is 0. The predicted octanol–water partition coefficient (Wildman–Crippen LogP) is 1.84. The van der Waals surface area contributed by atoms with E-state index in [0.717, 1.165) is 21.4 Å². The van der Waals surface area contributed by atoms with Gasteiger partial charge in [-0.25, -0.2) is 4.79 Å². The van der Waals surface area contributed by atoms with E-state index in [1.165, 1.54) is 0 Å². The molecule has 5 nitrogen and oxygen atoms in total. The number of H-pyrrole nitrogens is 1. The van der Waals surface area contributed by atoms with Gasteiger partial charge in [0.1, 0.15) is 0 Å². The normalized spacial score (nSPS) is 15.1. The molecule has 1 aromatic heterocycles. The van der Waals surface area contributed by atoms with E-state index in [9.17, 15) is 9.59 Å². The van der Waals surface area contributed by atoms with Crippen LogP contribution in [0.1, 0.15) is 15.9 Å². The Morgan fingerprint density at radius 2 is 2.18 bits per heavy atom. The molecule has 0 saturated carbocycles. The van der Waals surface area contributed by atoms with Gasteiger partial charge in [-0.3, -0.25) is 9.69 Å². The molecule has 1 aliphatic rings. The smallest absolute Gasteiger partial charge is 0.408 e. The number of carbonyl (C=O) groups is 2. The first-order valence-corrected chi connectivity index (χ1v) is 5.27. The lowest BCUT2D eigenvalue weighted by Crippen LogP contribution is -2.32. The van der Waals surface area contributed by atoms with Crippen molar-refractivity contribution >= 4 is 22.8 Å². The Balaban J connectivity index is 2.24. The van der Waals surface area contributed by atoms with Crippen molar-refractivity contribution in [2.24, 2.45) is 0 Å². The third-order valence-electron chi connectivity index (χ3n) is 3.06. The van der Waals surface area contributed by atoms with Crippen molar-refractivity contribution in [3.05, 3.63) is 35.5 Å². The molecule has 2 N–H and O–H groups in total. The number of amides is 1. The van der Waals surface area contributed by atoms with Crippen LogP contribution >= 0.6 is 0 Å². The zero-order valence-corrected chi connectivity index (χ0v) is 8.93. The van der Waals surface area contributed by atoms with Crippen LogP contribution in [0.3, 0.4) is 0 Å². The summed E-state index contributed by atoms with van der Waals surface area (Å²) >= 11 is 0. The van der Waals surface area contributed by atoms with E-state index in [-0.39, 0.29) is 18.9 Å². The maximum Gasteiger partial charge on any atom is 0.408 e. The van der Waals surface area contributed by atoms with Crippen molar-refractivity contribution in [3.8, 4) is 0 Å². The second-order valence-electron chi connectivity index (χ2n) is 4.10. The topological polar surface area (TPSA) is 73.4 Å². The Labute approximate surface area is 96.7 Å². The standard InChI is InChI=1S/C12H10N2O3/c15-10-6-14(12(16)17)5-7-2-1-3-9-11(7)8(10)4-13-9/h1-4,13H,5-6H2,(H,16,17). The van der Waals surface area contributed by atoms with Gasteiger partial charge in [-0.2, -0.15) is 0 Å². The third kappa shape index (κ3) is 1.39. The molecule has 1 aliphatic heterocycles. The fourth-order valence-electron chi connectivity index (χ4n) is 2.27. The highest BCUT2D eigenvalue weighted by atomic mass is 16.4. The molecule has 0 bridgehead atoms. The van der Waals surface area contributed by atoms with E-state index in [2.05, 4.69) is 4.98 Å². The van der Waals surface area contributed by atoms with Gasteiger partial charge >= 0.3 is 6.09 Å². The molecule has 0 spiro atoms. The van der Waals surface area contributed by atoms with Crippen molar-refractivity contribution in [1.82, 2.24) is 9.88 Å². The Kier molecular flexibility index (Phi) is 1.95. The summed E-state index contributed by atoms with van der Waals surface area (Å²) in [6, 6.07) is 5.59. The highest BCUT2D eigenvalue weighted by molar-refractivity contribution is 6.11. The number of hydrogen-bond acceptors (Lipinski definition) is 2. The van der Waals surface area contributed by atoms with E-state index in [0.29, 0.717) is 5.56 Å². The Hall–Kier alpha value is -2.30. The van der Waals surface area contributed by atoms with Gasteiger partial charge in [0.25, 0.3) is 0 Å². The van der Waals surface area contributed by atoms with Crippen LogP contribution in [0.4, 0.5) is 4.79 Å². The number of aromatic amines is 1. The number of hydrogen-bond donors (Lipinski definition) is 2. The maximum absolute atomic E-state index is 11.9. The minimum Gasteiger partial charge on any atom is -0.465 e. The predicted molar refractivity (Wildman–Crippen MR) is 61.1 cm³/mol. The van der Waals surface area contributed by atoms with Crippen LogP contribution in [-0.2, 0) is 6.54 Å². The lowest BCUT2D eigenvalue weighted by Gasteiger charge is -2.15. The van der Waals surface area contributed by atoms with Crippen LogP contribution in [0.15, 0.2) is 24.4 Å². The fourth-order valence-corrected chi connectivity index (χ4v) is 2.27. The zero-order valence-electron chi connectivity index (χ0n) is 8.93. The van der Waals surface area contributed by atoms with Crippen molar-refractivity contribution in [3.63, 3.8) is 0 Å². The summed E-state index contributed by atoms with van der Waals surface area (Å²) in [6.45, 7) is 0.167. The van der Waals surface area contributed by atoms with Crippen LogP contribution in [-0.4, -0.2) is 33.4 Å². The van der Waals surface area contributed by atoms with Crippen LogP contribution in [0, 0.1) is 0 Å². The molecule has 3 rings (SSSR count). The second-order valence-corrected chi connectivity index (χ2v) is 4.10. The number of ketones is 1. The summed E-state index contributed by atoms with van der Waals surface area (Å²) in [4.78, 5) is 27.1. The molecular weight excluding hydrogens is 220 g/mol. The van der Waals surface area contributed by atoms with Gasteiger partial charge < -0.3 is 10.1 Å². The van der Waals surface area contributed by atoms with E-state index in [1.807, 2.05) is 18.2 Å². The molecule has 2 heterocycles. The van der Waals surface area contributed by atoms with Crippen LogP contribution in [0.25, 0.3) is 10.9 Å². The number of Topliss-reactive ketones (excluding diaryl/α,β-unsaturated/α-hetero) is 1. The largest absolute Gasteiger partial charge is 0.465 e. The molecular formula is C12H10N2O3. The summed E-state index contributed by atoms with van der Waals surface area (Å²) in [5.74, 6) is -0.163. The Morgan fingerprint density at radius 3 is 2.94 bits per heavy atom. The van der Waals surface area contributed by atoms with Crippen molar-refractivity contribution < 1.29 is 14.7 Å². The van der Waals surface area contributed by atoms with Crippen molar-refractivity contribution in [1.29, 1.82) is 0 Å². The molecule has 0 fully saturated rings. The number of carboxylic acid groups (broad SMARTS) is 1. The Morgan fingerprint density at radius 1 is 1.35 bits per heavy atom. The van der Waals surface area contributed by atoms with E-state index < -0.39 is 6.09 Å². The molecule has 86 valence electrons. The molecule has 0 radical (unpaired) electrons. The molecule has 0 atom stereocenters. The highest BCUT2D eigenvalue weighted by Gasteiger charge is 2.25. The monoisotopic (exact) mass is 230 g/mol. The summed E-state index contributed by atoms with van der Waals surface area (Å²) in [5, 5.41) is 9.87. The van der Waals surface area contributed by atoms with Crippen LogP contribution in [0.2, 0.25) is 0 Å². The number of carbonyl (C=O) groups excluding carboxylic acids is 1. The number of nitrogens with one attached hydrogen (secondary N) is 1. The molecule has 1 amide bonds. The summed E-state index contributed by atoms with van der Waals surface area (Å²) in [6.07, 6.45) is 0.589. The molecule has 0 aliphatic carbocycles. The first kappa shape index (κ1) is 9.89. The average Bonchev–Trinajstić information content (AvgIpc) is 2.66. The number of nitrogens with zero attached hydrogens (tertiary/aromatic N) is 1. The van der Waals surface area contributed by atoms with Gasteiger partial charge in [-0.05, 0) is 11.6 Å². The minimum atomic E-state index is -1.07. The van der Waals surface area contributed by atoms with E-state index >= 15 is 0 Å². The zero-order chi connectivity index (χ0) is 12.0. The molecule has 0 unspecified atom stereocenters. The van der Waals surface area contributed by atoms with E-state index in [1.54, 1.807) is 6.20 Å². The number of benzene rings is 1. The first-order chi connectivity index (χ1) is 8.16. The van der Waals surface area contributed by atoms with Gasteiger partial charge in [0.2, 0.25) is 0 Å². The fraction of sp³-hybridized carbons (Fsp3) is 0.167. The molecule has 0 saturated heterocycles. The van der Waals surface area contributed by atoms with Crippen LogP contribution < -0.4 is 0 Å². The lowest BCUT2D eigenvalue weighted by molar-refractivity contribution is 0.0908. The average molecular weight is 230 g/mol. The molecule has 17 heavy (non-hydrogen) atoms.